The number of nitrogens with zero attached hydrogens (tertiary/aromatic N) is 2. The largest absolute Gasteiger partial charge is 0.278 e. The number of amidine groups is 1. The monoisotopic (exact) mass is 379 g/mol. The van der Waals surface area contributed by atoms with Crippen LogP contribution in [0.25, 0.3) is 0 Å². The molecule has 0 spiro atoms. The van der Waals surface area contributed by atoms with Gasteiger partial charge in [0.1, 0.15) is 5.25 Å². The van der Waals surface area contributed by atoms with Crippen molar-refractivity contribution in [3.63, 3.8) is 0 Å². The Balaban J connectivity index is 1.55. The number of nitrogens with one attached hydrogen (secondary N) is 1. The molecule has 4 nitrogen and oxygen atoms in total. The van der Waals surface area contributed by atoms with Gasteiger partial charge in [0.15, 0.2) is 10.3 Å². The molecule has 0 bridgehead atoms. The molecule has 3 aromatic rings. The maximum Gasteiger partial charge on any atom is 0.253 e. The number of thiazole rings is 1. The third-order valence-electron chi connectivity index (χ3n) is 4.17. The normalized spacial score (nSPS) is 17.1. The number of carbonyl (C=O) groups excluding carboxylic acids is 1. The summed E-state index contributed by atoms with van der Waals surface area (Å²) in [5.41, 5.74) is 3.37. The highest BCUT2D eigenvalue weighted by atomic mass is 32.2. The van der Waals surface area contributed by atoms with Crippen LogP contribution in [-0.2, 0) is 11.2 Å². The van der Waals surface area contributed by atoms with Gasteiger partial charge in [-0.15, -0.1) is 11.3 Å². The van der Waals surface area contributed by atoms with E-state index >= 15 is 0 Å². The Morgan fingerprint density at radius 1 is 1.15 bits per heavy atom. The van der Waals surface area contributed by atoms with Crippen LogP contribution in [0.4, 0.5) is 5.13 Å². The van der Waals surface area contributed by atoms with E-state index in [-0.39, 0.29) is 16.3 Å². The molecule has 0 unspecified atom stereocenters. The summed E-state index contributed by atoms with van der Waals surface area (Å²) in [7, 11) is 0. The number of benzene rings is 2. The van der Waals surface area contributed by atoms with E-state index in [9.17, 15) is 4.79 Å². The van der Waals surface area contributed by atoms with Crippen LogP contribution in [0, 0.1) is 12.3 Å². The second-order valence-electron chi connectivity index (χ2n) is 6.16. The first-order valence-corrected chi connectivity index (χ1v) is 9.96. The first-order chi connectivity index (χ1) is 12.6. The van der Waals surface area contributed by atoms with Crippen molar-refractivity contribution in [3.05, 3.63) is 82.4 Å². The summed E-state index contributed by atoms with van der Waals surface area (Å²) in [6, 6.07) is 18.0. The summed E-state index contributed by atoms with van der Waals surface area (Å²) in [4.78, 5) is 19.8. The van der Waals surface area contributed by atoms with Gasteiger partial charge in [-0.05, 0) is 18.1 Å². The highest BCUT2D eigenvalue weighted by molar-refractivity contribution is 8.15. The van der Waals surface area contributed by atoms with E-state index < -0.39 is 0 Å². The molecule has 1 N–H and O–H groups in total. The molecule has 26 heavy (non-hydrogen) atoms. The van der Waals surface area contributed by atoms with Gasteiger partial charge in [0.2, 0.25) is 0 Å². The predicted octanol–water partition coefficient (Wildman–Crippen LogP) is 4.80. The SMILES string of the molecule is Cc1cccc(Cc2cnc(N3C(=N)S[C@@H](c4ccccc4)C3=O)s2)c1. The van der Waals surface area contributed by atoms with Crippen molar-refractivity contribution in [3.8, 4) is 0 Å². The third kappa shape index (κ3) is 3.30. The average Bonchev–Trinajstić information content (AvgIpc) is 3.19. The lowest BCUT2D eigenvalue weighted by molar-refractivity contribution is -0.117. The maximum absolute atomic E-state index is 12.9. The quantitative estimate of drug-likeness (QED) is 0.708. The molecule has 1 saturated heterocycles. The van der Waals surface area contributed by atoms with E-state index in [2.05, 4.69) is 30.1 Å². The number of amides is 1. The van der Waals surface area contributed by atoms with E-state index in [1.165, 1.54) is 39.1 Å². The maximum atomic E-state index is 12.9. The fraction of sp³-hybridized carbons (Fsp3) is 0.150. The first-order valence-electron chi connectivity index (χ1n) is 8.26. The molecule has 0 aliphatic carbocycles. The molecule has 1 amide bonds. The van der Waals surface area contributed by atoms with Crippen LogP contribution in [0.5, 0.6) is 0 Å². The van der Waals surface area contributed by atoms with Crippen molar-refractivity contribution in [2.75, 3.05) is 4.90 Å². The smallest absolute Gasteiger partial charge is 0.253 e. The number of thioether (sulfide) groups is 1. The Hall–Kier alpha value is -2.44. The summed E-state index contributed by atoms with van der Waals surface area (Å²) in [6.45, 7) is 2.08. The topological polar surface area (TPSA) is 57.1 Å². The van der Waals surface area contributed by atoms with Gasteiger partial charge in [0.25, 0.3) is 5.91 Å². The molecule has 1 aliphatic rings. The van der Waals surface area contributed by atoms with E-state index in [0.717, 1.165) is 16.9 Å². The van der Waals surface area contributed by atoms with Crippen molar-refractivity contribution in [1.82, 2.24) is 4.98 Å². The fourth-order valence-corrected chi connectivity index (χ4v) is 4.98. The molecule has 0 radical (unpaired) electrons. The Kier molecular flexibility index (Phi) is 4.61. The molecule has 0 saturated carbocycles. The number of hydrogen-bond acceptors (Lipinski definition) is 5. The number of aromatic nitrogens is 1. The van der Waals surface area contributed by atoms with Gasteiger partial charge >= 0.3 is 0 Å². The van der Waals surface area contributed by atoms with E-state index in [1.807, 2.05) is 42.6 Å². The molecular weight excluding hydrogens is 362 g/mol. The average molecular weight is 380 g/mol. The van der Waals surface area contributed by atoms with Crippen LogP contribution < -0.4 is 4.90 Å². The van der Waals surface area contributed by atoms with E-state index in [4.69, 9.17) is 5.41 Å². The molecule has 1 fully saturated rings. The second kappa shape index (κ2) is 7.05. The first kappa shape index (κ1) is 17.0. The summed E-state index contributed by atoms with van der Waals surface area (Å²) in [6.07, 6.45) is 2.59. The Morgan fingerprint density at radius 2 is 1.96 bits per heavy atom. The number of hydrogen-bond donors (Lipinski definition) is 1. The molecular formula is C20H17N3OS2. The number of carbonyl (C=O) groups is 1. The molecule has 2 aromatic carbocycles. The summed E-state index contributed by atoms with van der Waals surface area (Å²) in [5.74, 6) is -0.0948. The van der Waals surface area contributed by atoms with Crippen LogP contribution >= 0.6 is 23.1 Å². The molecule has 130 valence electrons. The lowest BCUT2D eigenvalue weighted by Crippen LogP contribution is -2.29. The number of rotatable bonds is 4. The molecule has 1 aromatic heterocycles. The minimum atomic E-state index is -0.368. The number of aryl methyl sites for hydroxylation is 1. The number of anilines is 1. The summed E-state index contributed by atoms with van der Waals surface area (Å²) >= 11 is 2.75. The molecule has 4 rings (SSSR count). The molecule has 1 atom stereocenters. The van der Waals surface area contributed by atoms with Crippen molar-refractivity contribution in [2.24, 2.45) is 0 Å². The third-order valence-corrected chi connectivity index (χ3v) is 6.27. The van der Waals surface area contributed by atoms with Gasteiger partial charge in [-0.1, -0.05) is 71.9 Å². The predicted molar refractivity (Wildman–Crippen MR) is 108 cm³/mol. The minimum Gasteiger partial charge on any atom is -0.278 e. The Morgan fingerprint density at radius 3 is 2.73 bits per heavy atom. The highest BCUT2D eigenvalue weighted by Crippen LogP contribution is 2.42. The van der Waals surface area contributed by atoms with E-state index in [1.54, 1.807) is 0 Å². The van der Waals surface area contributed by atoms with E-state index in [0.29, 0.717) is 5.13 Å². The fourth-order valence-electron chi connectivity index (χ4n) is 2.96. The lowest BCUT2D eigenvalue weighted by Gasteiger charge is -2.11. The molecule has 6 heteroatoms. The second-order valence-corrected chi connectivity index (χ2v) is 8.35. The van der Waals surface area contributed by atoms with Crippen LogP contribution in [0.15, 0.2) is 60.8 Å². The van der Waals surface area contributed by atoms with Gasteiger partial charge < -0.3 is 0 Å². The van der Waals surface area contributed by atoms with Crippen LogP contribution in [0.3, 0.4) is 0 Å². The summed E-state index contributed by atoms with van der Waals surface area (Å²) < 4.78 is 0. The standard InChI is InChI=1S/C20H17N3OS2/c1-13-6-5-7-14(10-13)11-16-12-22-20(25-16)23-18(24)17(26-19(23)21)15-8-3-2-4-9-15/h2-10,12,17,21H,11H2,1H3/t17-/m0/s1. The minimum absolute atomic E-state index is 0.0948. The molecule has 1 aliphatic heterocycles. The van der Waals surface area contributed by atoms with Crippen molar-refractivity contribution in [1.29, 1.82) is 5.41 Å². The Labute approximate surface area is 160 Å². The zero-order valence-corrected chi connectivity index (χ0v) is 15.8. The Bertz CT molecular complexity index is 968. The zero-order valence-electron chi connectivity index (χ0n) is 14.2. The zero-order chi connectivity index (χ0) is 18.1. The molecule has 2 heterocycles. The van der Waals surface area contributed by atoms with Crippen molar-refractivity contribution in [2.45, 2.75) is 18.6 Å². The van der Waals surface area contributed by atoms with Gasteiger partial charge in [0, 0.05) is 17.5 Å². The van der Waals surface area contributed by atoms with Crippen LogP contribution in [-0.4, -0.2) is 16.1 Å². The van der Waals surface area contributed by atoms with Crippen molar-refractivity contribution >= 4 is 39.3 Å². The van der Waals surface area contributed by atoms with Crippen LogP contribution in [0.1, 0.15) is 26.8 Å². The van der Waals surface area contributed by atoms with Crippen LogP contribution in [0.2, 0.25) is 0 Å². The highest BCUT2D eigenvalue weighted by Gasteiger charge is 2.40. The van der Waals surface area contributed by atoms with Crippen molar-refractivity contribution < 1.29 is 4.79 Å². The lowest BCUT2D eigenvalue weighted by atomic mass is 10.1. The summed E-state index contributed by atoms with van der Waals surface area (Å²) in [5, 5.41) is 8.69. The van der Waals surface area contributed by atoms with Gasteiger partial charge in [-0.2, -0.15) is 0 Å². The van der Waals surface area contributed by atoms with Gasteiger partial charge in [0.05, 0.1) is 0 Å². The van der Waals surface area contributed by atoms with Gasteiger partial charge in [-0.3, -0.25) is 10.2 Å². The van der Waals surface area contributed by atoms with Gasteiger partial charge in [-0.25, -0.2) is 9.88 Å².